The predicted octanol–water partition coefficient (Wildman–Crippen LogP) is 1.99. The molecule has 0 radical (unpaired) electrons. The van der Waals surface area contributed by atoms with Gasteiger partial charge in [-0.3, -0.25) is 9.47 Å². The average Bonchev–Trinajstić information content (AvgIpc) is 3.06. The third-order valence-corrected chi connectivity index (χ3v) is 5.41. The van der Waals surface area contributed by atoms with Crippen molar-refractivity contribution in [3.63, 3.8) is 0 Å². The fraction of sp³-hybridized carbons (Fsp3) is 0.471. The van der Waals surface area contributed by atoms with E-state index in [1.54, 1.807) is 0 Å². The van der Waals surface area contributed by atoms with E-state index in [2.05, 4.69) is 26.9 Å². The Kier molecular flexibility index (Phi) is 3.96. The molecule has 1 saturated heterocycles. The van der Waals surface area contributed by atoms with Gasteiger partial charge in [0.2, 0.25) is 0 Å². The first-order valence-corrected chi connectivity index (χ1v) is 9.62. The zero-order valence-corrected chi connectivity index (χ0v) is 14.6. The number of amides is 1. The number of fused-ring (bicyclic) bond motifs is 3. The van der Waals surface area contributed by atoms with Crippen molar-refractivity contribution in [2.24, 2.45) is 5.73 Å². The van der Waals surface area contributed by atoms with Gasteiger partial charge in [0.25, 0.3) is 5.91 Å². The molecule has 0 atom stereocenters. The van der Waals surface area contributed by atoms with E-state index >= 15 is 0 Å². The molecule has 1 amide bonds. The standard InChI is InChI=1S/C17H21N5OS/c1-24-17-19-13-12(14(20-17)16(18)23)6-5-11-7-10-22(15(11)13)21-8-3-2-4-9-21/h7,10H,2-6,8-9H2,1H3,(H2,18,23). The Morgan fingerprint density at radius 1 is 1.21 bits per heavy atom. The predicted molar refractivity (Wildman–Crippen MR) is 95.0 cm³/mol. The molecule has 24 heavy (non-hydrogen) atoms. The zero-order valence-electron chi connectivity index (χ0n) is 13.8. The van der Waals surface area contributed by atoms with Crippen molar-refractivity contribution in [2.45, 2.75) is 37.3 Å². The number of piperidine rings is 1. The highest BCUT2D eigenvalue weighted by Crippen LogP contribution is 2.35. The maximum absolute atomic E-state index is 11.9. The Hall–Kier alpha value is -2.02. The van der Waals surface area contributed by atoms with Gasteiger partial charge in [0, 0.05) is 24.8 Å². The number of aryl methyl sites for hydroxylation is 1. The van der Waals surface area contributed by atoms with Crippen molar-refractivity contribution in [2.75, 3.05) is 24.4 Å². The Morgan fingerprint density at radius 2 is 2.00 bits per heavy atom. The van der Waals surface area contributed by atoms with Crippen LogP contribution in [0.1, 0.15) is 40.9 Å². The lowest BCUT2D eigenvalue weighted by Gasteiger charge is -2.32. The van der Waals surface area contributed by atoms with E-state index in [-0.39, 0.29) is 0 Å². The summed E-state index contributed by atoms with van der Waals surface area (Å²) in [5.74, 6) is -0.469. The molecule has 0 aromatic carbocycles. The van der Waals surface area contributed by atoms with E-state index < -0.39 is 5.91 Å². The number of nitrogens with zero attached hydrogens (tertiary/aromatic N) is 4. The molecule has 0 spiro atoms. The van der Waals surface area contributed by atoms with E-state index in [0.29, 0.717) is 10.9 Å². The van der Waals surface area contributed by atoms with Gasteiger partial charge in [-0.25, -0.2) is 9.97 Å². The first-order chi connectivity index (χ1) is 11.7. The molecule has 1 aliphatic heterocycles. The number of primary amides is 1. The van der Waals surface area contributed by atoms with E-state index in [4.69, 9.17) is 10.7 Å². The molecule has 0 bridgehead atoms. The third kappa shape index (κ3) is 2.47. The SMILES string of the molecule is CSc1nc(C(N)=O)c2c(n1)-c1c(ccn1N1CCCCC1)CC2. The summed E-state index contributed by atoms with van der Waals surface area (Å²) in [5, 5.41) is 2.98. The second-order valence-electron chi connectivity index (χ2n) is 6.30. The van der Waals surface area contributed by atoms with Gasteiger partial charge in [0.1, 0.15) is 5.69 Å². The van der Waals surface area contributed by atoms with Gasteiger partial charge in [-0.05, 0) is 50.0 Å². The summed E-state index contributed by atoms with van der Waals surface area (Å²) >= 11 is 1.44. The van der Waals surface area contributed by atoms with Crippen LogP contribution in [0.4, 0.5) is 0 Å². The van der Waals surface area contributed by atoms with E-state index in [0.717, 1.165) is 42.9 Å². The molecular formula is C17H21N5OS. The fourth-order valence-corrected chi connectivity index (χ4v) is 4.07. The summed E-state index contributed by atoms with van der Waals surface area (Å²) in [6.45, 7) is 2.11. The normalized spacial score (nSPS) is 16.6. The maximum atomic E-state index is 11.9. The molecule has 126 valence electrons. The van der Waals surface area contributed by atoms with Crippen LogP contribution in [-0.2, 0) is 12.8 Å². The van der Waals surface area contributed by atoms with Crippen molar-refractivity contribution in [3.05, 3.63) is 29.1 Å². The van der Waals surface area contributed by atoms with E-state index in [1.165, 1.54) is 36.6 Å². The molecule has 1 aliphatic carbocycles. The number of hydrogen-bond acceptors (Lipinski definition) is 5. The highest BCUT2D eigenvalue weighted by molar-refractivity contribution is 7.98. The molecule has 2 aromatic heterocycles. The fourth-order valence-electron chi connectivity index (χ4n) is 3.70. The first kappa shape index (κ1) is 15.5. The lowest BCUT2D eigenvalue weighted by Crippen LogP contribution is -2.39. The molecule has 2 aromatic rings. The molecule has 3 heterocycles. The largest absolute Gasteiger partial charge is 0.364 e. The van der Waals surface area contributed by atoms with Crippen LogP contribution in [0.25, 0.3) is 11.4 Å². The van der Waals surface area contributed by atoms with Crippen molar-refractivity contribution < 1.29 is 4.79 Å². The minimum atomic E-state index is -0.469. The minimum absolute atomic E-state index is 0.376. The molecule has 1 fully saturated rings. The molecule has 6 nitrogen and oxygen atoms in total. The number of rotatable bonds is 3. The van der Waals surface area contributed by atoms with Gasteiger partial charge in [0.05, 0.1) is 11.4 Å². The number of carbonyl (C=O) groups is 1. The topological polar surface area (TPSA) is 77.0 Å². The van der Waals surface area contributed by atoms with Gasteiger partial charge in [-0.2, -0.15) is 0 Å². The molecular weight excluding hydrogens is 322 g/mol. The number of hydrogen-bond donors (Lipinski definition) is 1. The Balaban J connectivity index is 1.89. The summed E-state index contributed by atoms with van der Waals surface area (Å²) in [5.41, 5.74) is 10.1. The lowest BCUT2D eigenvalue weighted by atomic mass is 9.93. The van der Waals surface area contributed by atoms with Crippen LogP contribution in [0.15, 0.2) is 17.4 Å². The van der Waals surface area contributed by atoms with E-state index in [9.17, 15) is 4.79 Å². The second-order valence-corrected chi connectivity index (χ2v) is 7.07. The Labute approximate surface area is 145 Å². The Bertz CT molecular complexity index is 795. The number of nitrogens with two attached hydrogens (primary N) is 1. The van der Waals surface area contributed by atoms with Gasteiger partial charge in [-0.15, -0.1) is 0 Å². The first-order valence-electron chi connectivity index (χ1n) is 8.39. The number of aromatic nitrogens is 3. The molecule has 0 saturated carbocycles. The smallest absolute Gasteiger partial charge is 0.267 e. The van der Waals surface area contributed by atoms with Gasteiger partial charge < -0.3 is 10.7 Å². The van der Waals surface area contributed by atoms with Crippen LogP contribution in [0.5, 0.6) is 0 Å². The quantitative estimate of drug-likeness (QED) is 0.681. The summed E-state index contributed by atoms with van der Waals surface area (Å²) in [6, 6.07) is 2.18. The van der Waals surface area contributed by atoms with Crippen LogP contribution >= 0.6 is 11.8 Å². The molecule has 4 rings (SSSR count). The highest BCUT2D eigenvalue weighted by atomic mass is 32.2. The third-order valence-electron chi connectivity index (χ3n) is 4.86. The lowest BCUT2D eigenvalue weighted by molar-refractivity contribution is 0.0993. The summed E-state index contributed by atoms with van der Waals surface area (Å²) in [4.78, 5) is 21.0. The van der Waals surface area contributed by atoms with Gasteiger partial charge in [-0.1, -0.05) is 11.8 Å². The summed E-state index contributed by atoms with van der Waals surface area (Å²) in [7, 11) is 0. The van der Waals surface area contributed by atoms with E-state index in [1.807, 2.05) is 6.26 Å². The van der Waals surface area contributed by atoms with Crippen LogP contribution in [0.2, 0.25) is 0 Å². The zero-order chi connectivity index (χ0) is 16.7. The summed E-state index contributed by atoms with van der Waals surface area (Å²) < 4.78 is 2.23. The number of thioether (sulfide) groups is 1. The molecule has 2 aliphatic rings. The molecule has 0 unspecified atom stereocenters. The van der Waals surface area contributed by atoms with Crippen LogP contribution < -0.4 is 10.7 Å². The van der Waals surface area contributed by atoms with Crippen molar-refractivity contribution in [1.29, 1.82) is 0 Å². The molecule has 2 N–H and O–H groups in total. The van der Waals surface area contributed by atoms with Crippen LogP contribution in [0, 0.1) is 0 Å². The van der Waals surface area contributed by atoms with Gasteiger partial charge >= 0.3 is 0 Å². The van der Waals surface area contributed by atoms with Gasteiger partial charge in [0.15, 0.2) is 5.16 Å². The molecule has 7 heteroatoms. The van der Waals surface area contributed by atoms with Crippen molar-refractivity contribution >= 4 is 17.7 Å². The Morgan fingerprint density at radius 3 is 2.71 bits per heavy atom. The van der Waals surface area contributed by atoms with Crippen molar-refractivity contribution in [1.82, 2.24) is 14.6 Å². The van der Waals surface area contributed by atoms with Crippen LogP contribution in [-0.4, -0.2) is 39.9 Å². The van der Waals surface area contributed by atoms with Crippen LogP contribution in [0.3, 0.4) is 0 Å². The average molecular weight is 343 g/mol. The number of carbonyl (C=O) groups excluding carboxylic acids is 1. The van der Waals surface area contributed by atoms with Crippen molar-refractivity contribution in [3.8, 4) is 11.4 Å². The maximum Gasteiger partial charge on any atom is 0.267 e. The highest BCUT2D eigenvalue weighted by Gasteiger charge is 2.28. The summed E-state index contributed by atoms with van der Waals surface area (Å²) in [6.07, 6.45) is 9.43. The minimum Gasteiger partial charge on any atom is -0.364 e. The second kappa shape index (κ2) is 6.12. The monoisotopic (exact) mass is 343 g/mol.